The number of ether oxygens (including phenoxy) is 1. The molecule has 0 saturated heterocycles. The second kappa shape index (κ2) is 7.45. The summed E-state index contributed by atoms with van der Waals surface area (Å²) in [5.74, 6) is 0.0130. The smallest absolute Gasteiger partial charge is 0.224 e. The van der Waals surface area contributed by atoms with Crippen LogP contribution in [0.15, 0.2) is 36.5 Å². The molecule has 0 unspecified atom stereocenters. The van der Waals surface area contributed by atoms with E-state index in [1.165, 1.54) is 0 Å². The van der Waals surface area contributed by atoms with Gasteiger partial charge in [-0.1, -0.05) is 12.1 Å². The van der Waals surface area contributed by atoms with E-state index in [0.717, 1.165) is 23.4 Å². The predicted octanol–water partition coefficient (Wildman–Crippen LogP) is 2.83. The Labute approximate surface area is 118 Å². The topological polar surface area (TPSA) is 67.0 Å². The largest absolute Gasteiger partial charge is 0.382 e. The van der Waals surface area contributed by atoms with Gasteiger partial charge in [0.2, 0.25) is 5.91 Å². The molecule has 1 aromatic carbocycles. The molecule has 106 valence electrons. The summed E-state index contributed by atoms with van der Waals surface area (Å²) in [6.07, 6.45) is 2.93. The molecule has 0 aliphatic heterocycles. The number of aromatic amines is 1. The maximum atomic E-state index is 11.7. The Balaban J connectivity index is 1.83. The molecule has 0 aliphatic rings. The highest BCUT2D eigenvalue weighted by Crippen LogP contribution is 2.18. The van der Waals surface area contributed by atoms with Crippen molar-refractivity contribution < 1.29 is 9.53 Å². The minimum atomic E-state index is 0.0130. The van der Waals surface area contributed by atoms with E-state index in [0.29, 0.717) is 19.6 Å². The number of anilines is 1. The molecule has 2 N–H and O–H groups in total. The fourth-order valence-corrected chi connectivity index (χ4v) is 1.85. The molecular formula is C15H19N3O2. The maximum absolute atomic E-state index is 11.7. The summed E-state index contributed by atoms with van der Waals surface area (Å²) in [4.78, 5) is 11.7. The number of nitrogens with zero attached hydrogens (tertiary/aromatic N) is 1. The minimum Gasteiger partial charge on any atom is -0.382 e. The minimum absolute atomic E-state index is 0.0130. The Bertz CT molecular complexity index is 521. The number of hydrogen-bond donors (Lipinski definition) is 2. The third kappa shape index (κ3) is 4.20. The van der Waals surface area contributed by atoms with Gasteiger partial charge in [-0.25, -0.2) is 0 Å². The van der Waals surface area contributed by atoms with E-state index in [2.05, 4.69) is 15.5 Å². The first-order valence-corrected chi connectivity index (χ1v) is 6.77. The fourth-order valence-electron chi connectivity index (χ4n) is 1.85. The van der Waals surface area contributed by atoms with E-state index in [-0.39, 0.29) is 5.91 Å². The summed E-state index contributed by atoms with van der Waals surface area (Å²) in [6.45, 7) is 3.26. The maximum Gasteiger partial charge on any atom is 0.224 e. The van der Waals surface area contributed by atoms with Crippen LogP contribution in [0.2, 0.25) is 0 Å². The van der Waals surface area contributed by atoms with Crippen LogP contribution >= 0.6 is 0 Å². The zero-order chi connectivity index (χ0) is 14.2. The summed E-state index contributed by atoms with van der Waals surface area (Å²) in [7, 11) is 0. The third-order valence-electron chi connectivity index (χ3n) is 2.88. The van der Waals surface area contributed by atoms with Gasteiger partial charge in [-0.05, 0) is 37.1 Å². The lowest BCUT2D eigenvalue weighted by Gasteiger charge is -2.06. The molecule has 2 aromatic rings. The third-order valence-corrected chi connectivity index (χ3v) is 2.88. The number of rotatable bonds is 7. The van der Waals surface area contributed by atoms with Gasteiger partial charge in [0, 0.05) is 31.5 Å². The van der Waals surface area contributed by atoms with Gasteiger partial charge in [0.05, 0.1) is 5.69 Å². The number of carbonyl (C=O) groups excluding carboxylic acids is 1. The monoisotopic (exact) mass is 273 g/mol. The van der Waals surface area contributed by atoms with Gasteiger partial charge < -0.3 is 10.1 Å². The molecular weight excluding hydrogens is 254 g/mol. The van der Waals surface area contributed by atoms with E-state index < -0.39 is 0 Å². The van der Waals surface area contributed by atoms with Crippen molar-refractivity contribution in [3.63, 3.8) is 0 Å². The second-order valence-corrected chi connectivity index (χ2v) is 4.40. The number of hydrogen-bond acceptors (Lipinski definition) is 3. The molecule has 0 radical (unpaired) electrons. The Morgan fingerprint density at radius 2 is 2.10 bits per heavy atom. The Kier molecular flexibility index (Phi) is 5.32. The van der Waals surface area contributed by atoms with Gasteiger partial charge in [-0.15, -0.1) is 0 Å². The van der Waals surface area contributed by atoms with E-state index in [1.54, 1.807) is 6.20 Å². The van der Waals surface area contributed by atoms with Crippen LogP contribution in [0.5, 0.6) is 0 Å². The lowest BCUT2D eigenvalue weighted by atomic mass is 10.1. The number of H-pyrrole nitrogens is 1. The summed E-state index contributed by atoms with van der Waals surface area (Å²) in [6, 6.07) is 9.57. The standard InChI is InChI=1S/C15H19N3O2/c1-2-20-11-3-4-15(19)17-13-7-5-12(6-8-13)14-9-10-16-18-14/h5-10H,2-4,11H2,1H3,(H,16,18)(H,17,19). The Morgan fingerprint density at radius 3 is 2.75 bits per heavy atom. The van der Waals surface area contributed by atoms with Crippen LogP contribution in [-0.4, -0.2) is 29.3 Å². The van der Waals surface area contributed by atoms with Gasteiger partial charge in [0.1, 0.15) is 0 Å². The summed E-state index contributed by atoms with van der Waals surface area (Å²) in [5, 5.41) is 9.68. The molecule has 5 heteroatoms. The molecule has 0 saturated carbocycles. The highest BCUT2D eigenvalue weighted by atomic mass is 16.5. The molecule has 0 bridgehead atoms. The zero-order valence-corrected chi connectivity index (χ0v) is 11.6. The highest BCUT2D eigenvalue weighted by molar-refractivity contribution is 5.90. The van der Waals surface area contributed by atoms with Gasteiger partial charge in [0.15, 0.2) is 0 Å². The lowest BCUT2D eigenvalue weighted by molar-refractivity contribution is -0.116. The van der Waals surface area contributed by atoms with Crippen LogP contribution < -0.4 is 5.32 Å². The van der Waals surface area contributed by atoms with Crippen molar-refractivity contribution in [2.75, 3.05) is 18.5 Å². The van der Waals surface area contributed by atoms with E-state index >= 15 is 0 Å². The van der Waals surface area contributed by atoms with Crippen LogP contribution in [0.3, 0.4) is 0 Å². The number of nitrogens with one attached hydrogen (secondary N) is 2. The van der Waals surface area contributed by atoms with Crippen LogP contribution in [0.25, 0.3) is 11.3 Å². The first-order chi connectivity index (χ1) is 9.79. The molecule has 1 heterocycles. The van der Waals surface area contributed by atoms with Gasteiger partial charge >= 0.3 is 0 Å². The lowest BCUT2D eigenvalue weighted by Crippen LogP contribution is -2.12. The van der Waals surface area contributed by atoms with Crippen LogP contribution in [-0.2, 0) is 9.53 Å². The SMILES string of the molecule is CCOCCCC(=O)Nc1ccc(-c2ccn[nH]2)cc1. The van der Waals surface area contributed by atoms with Crippen molar-refractivity contribution in [2.24, 2.45) is 0 Å². The molecule has 0 spiro atoms. The van der Waals surface area contributed by atoms with Crippen molar-refractivity contribution in [1.82, 2.24) is 10.2 Å². The van der Waals surface area contributed by atoms with Crippen molar-refractivity contribution in [1.29, 1.82) is 0 Å². The van der Waals surface area contributed by atoms with Crippen molar-refractivity contribution in [3.8, 4) is 11.3 Å². The molecule has 0 aliphatic carbocycles. The van der Waals surface area contributed by atoms with Crippen LogP contribution in [0.1, 0.15) is 19.8 Å². The highest BCUT2D eigenvalue weighted by Gasteiger charge is 2.03. The zero-order valence-electron chi connectivity index (χ0n) is 11.6. The van der Waals surface area contributed by atoms with Crippen molar-refractivity contribution >= 4 is 11.6 Å². The van der Waals surface area contributed by atoms with Gasteiger partial charge in [-0.3, -0.25) is 9.89 Å². The van der Waals surface area contributed by atoms with E-state index in [4.69, 9.17) is 4.74 Å². The normalized spacial score (nSPS) is 10.4. The first-order valence-electron chi connectivity index (χ1n) is 6.77. The number of carbonyl (C=O) groups is 1. The van der Waals surface area contributed by atoms with Gasteiger partial charge in [-0.2, -0.15) is 5.10 Å². The molecule has 20 heavy (non-hydrogen) atoms. The predicted molar refractivity (Wildman–Crippen MR) is 78.4 cm³/mol. The fraction of sp³-hybridized carbons (Fsp3) is 0.333. The average Bonchev–Trinajstić information content (AvgIpc) is 2.99. The summed E-state index contributed by atoms with van der Waals surface area (Å²) < 4.78 is 5.20. The summed E-state index contributed by atoms with van der Waals surface area (Å²) >= 11 is 0. The molecule has 0 atom stereocenters. The van der Waals surface area contributed by atoms with Crippen molar-refractivity contribution in [2.45, 2.75) is 19.8 Å². The van der Waals surface area contributed by atoms with Crippen molar-refractivity contribution in [3.05, 3.63) is 36.5 Å². The average molecular weight is 273 g/mol. The number of benzene rings is 1. The number of amides is 1. The van der Waals surface area contributed by atoms with Crippen LogP contribution in [0, 0.1) is 0 Å². The molecule has 1 amide bonds. The Hall–Kier alpha value is -2.14. The molecule has 1 aromatic heterocycles. The molecule has 0 fully saturated rings. The molecule has 2 rings (SSSR count). The molecule has 5 nitrogen and oxygen atoms in total. The quantitative estimate of drug-likeness (QED) is 0.762. The van der Waals surface area contributed by atoms with E-state index in [1.807, 2.05) is 37.3 Å². The first kappa shape index (κ1) is 14.3. The number of aromatic nitrogens is 2. The second-order valence-electron chi connectivity index (χ2n) is 4.40. The van der Waals surface area contributed by atoms with Gasteiger partial charge in [0.25, 0.3) is 0 Å². The summed E-state index contributed by atoms with van der Waals surface area (Å²) in [5.41, 5.74) is 2.80. The van der Waals surface area contributed by atoms with Crippen LogP contribution in [0.4, 0.5) is 5.69 Å². The Morgan fingerprint density at radius 1 is 1.30 bits per heavy atom. The van der Waals surface area contributed by atoms with E-state index in [9.17, 15) is 4.79 Å².